The molecule has 0 spiro atoms. The first-order valence-corrected chi connectivity index (χ1v) is 7.59. The fourth-order valence-electron chi connectivity index (χ4n) is 1.93. The largest absolute Gasteiger partial charge is 0.544 e. The van der Waals surface area contributed by atoms with Crippen LogP contribution in [0.2, 0.25) is 0 Å². The number of anilines is 1. The van der Waals surface area contributed by atoms with Gasteiger partial charge in [-0.1, -0.05) is 0 Å². The summed E-state index contributed by atoms with van der Waals surface area (Å²) in [4.78, 5) is 23.0. The Labute approximate surface area is 135 Å². The number of carbonyl (C=O) groups is 2. The second-order valence-corrected chi connectivity index (χ2v) is 5.48. The Kier molecular flexibility index (Phi) is 8.21. The molecule has 1 atom stereocenters. The van der Waals surface area contributed by atoms with Crippen molar-refractivity contribution in [2.75, 3.05) is 18.5 Å². The minimum atomic E-state index is -1.29. The number of carboxylic acid groups (broad SMARTS) is 1. The predicted octanol–water partition coefficient (Wildman–Crippen LogP) is -0.349. The van der Waals surface area contributed by atoms with Gasteiger partial charge in [0, 0.05) is 12.1 Å². The van der Waals surface area contributed by atoms with Gasteiger partial charge in [0.25, 0.3) is 0 Å². The highest BCUT2D eigenvalue weighted by Gasteiger charge is 2.18. The highest BCUT2D eigenvalue weighted by atomic mass is 19.1. The van der Waals surface area contributed by atoms with Gasteiger partial charge >= 0.3 is 0 Å². The fourth-order valence-corrected chi connectivity index (χ4v) is 1.93. The zero-order valence-corrected chi connectivity index (χ0v) is 13.4. The molecule has 1 aromatic rings. The molecule has 0 aliphatic rings. The number of ether oxygens (including phenoxy) is 1. The van der Waals surface area contributed by atoms with E-state index in [0.29, 0.717) is 25.3 Å². The Morgan fingerprint density at radius 3 is 2.52 bits per heavy atom. The second kappa shape index (κ2) is 9.91. The summed E-state index contributed by atoms with van der Waals surface area (Å²) in [5.74, 6) is -2.16. The number of amides is 1. The molecule has 23 heavy (non-hydrogen) atoms. The maximum Gasteiger partial charge on any atom is 0.230 e. The Balaban J connectivity index is 2.37. The van der Waals surface area contributed by atoms with E-state index in [9.17, 15) is 19.1 Å². The number of carboxylic acids is 1. The first kappa shape index (κ1) is 19.1. The number of nitrogens with one attached hydrogen (secondary N) is 1. The van der Waals surface area contributed by atoms with Crippen molar-refractivity contribution in [2.45, 2.75) is 38.8 Å². The molecular formula is C16H23FN2O4. The number of hydrogen-bond donors (Lipinski definition) is 2. The average molecular weight is 326 g/mol. The maximum absolute atomic E-state index is 12.8. The van der Waals surface area contributed by atoms with Crippen LogP contribution < -0.4 is 15.7 Å². The highest BCUT2D eigenvalue weighted by Crippen LogP contribution is 2.08. The molecule has 0 unspecified atom stereocenters. The Morgan fingerprint density at radius 1 is 1.30 bits per heavy atom. The summed E-state index contributed by atoms with van der Waals surface area (Å²) in [7, 11) is 0. The third kappa shape index (κ3) is 8.27. The van der Waals surface area contributed by atoms with Crippen molar-refractivity contribution in [1.29, 1.82) is 0 Å². The van der Waals surface area contributed by atoms with E-state index >= 15 is 0 Å². The summed E-state index contributed by atoms with van der Waals surface area (Å²) in [5.41, 5.74) is 0.416. The van der Waals surface area contributed by atoms with Crippen LogP contribution in [0.5, 0.6) is 0 Å². The lowest BCUT2D eigenvalue weighted by Gasteiger charge is -2.16. The Hall–Kier alpha value is -1.99. The number of quaternary nitrogens is 1. The third-order valence-corrected chi connectivity index (χ3v) is 3.09. The second-order valence-electron chi connectivity index (χ2n) is 5.48. The Bertz CT molecular complexity index is 505. The standard InChI is InChI=1S/C16H23FN2O4/c1-11(2)23-9-3-8-18-14(16(21)22)10-15(20)19-13-6-4-12(17)5-7-13/h4-7,11,14,18H,3,8-10H2,1-2H3,(H,19,20)(H,21,22)/t14-/m1/s1. The molecule has 128 valence electrons. The molecule has 0 saturated carbocycles. The molecule has 0 radical (unpaired) electrons. The summed E-state index contributed by atoms with van der Waals surface area (Å²) in [6.45, 7) is 4.91. The van der Waals surface area contributed by atoms with Gasteiger partial charge < -0.3 is 25.3 Å². The summed E-state index contributed by atoms with van der Waals surface area (Å²) < 4.78 is 18.1. The normalized spacial score (nSPS) is 12.2. The van der Waals surface area contributed by atoms with Crippen molar-refractivity contribution in [1.82, 2.24) is 0 Å². The van der Waals surface area contributed by atoms with Crippen LogP contribution in [-0.4, -0.2) is 37.2 Å². The number of rotatable bonds is 10. The lowest BCUT2D eigenvalue weighted by atomic mass is 10.2. The van der Waals surface area contributed by atoms with Crippen molar-refractivity contribution >= 4 is 17.6 Å². The topological polar surface area (TPSA) is 95.1 Å². The van der Waals surface area contributed by atoms with Crippen molar-refractivity contribution in [3.8, 4) is 0 Å². The molecule has 3 N–H and O–H groups in total. The van der Waals surface area contributed by atoms with Gasteiger partial charge in [0.05, 0.1) is 31.6 Å². The van der Waals surface area contributed by atoms with Crippen molar-refractivity contribution in [3.63, 3.8) is 0 Å². The number of benzene rings is 1. The zero-order valence-electron chi connectivity index (χ0n) is 13.4. The molecule has 0 fully saturated rings. The Morgan fingerprint density at radius 2 is 1.96 bits per heavy atom. The summed E-state index contributed by atoms with van der Waals surface area (Å²) in [6.07, 6.45) is 0.597. The van der Waals surface area contributed by atoms with Gasteiger partial charge in [-0.15, -0.1) is 0 Å². The first-order valence-electron chi connectivity index (χ1n) is 7.59. The van der Waals surface area contributed by atoms with Crippen LogP contribution in [0, 0.1) is 5.82 Å². The van der Waals surface area contributed by atoms with Gasteiger partial charge in [0.15, 0.2) is 0 Å². The van der Waals surface area contributed by atoms with E-state index in [-0.39, 0.29) is 12.5 Å². The number of nitrogens with two attached hydrogens (primary N) is 1. The zero-order chi connectivity index (χ0) is 17.2. The molecule has 7 heteroatoms. The molecule has 1 rings (SSSR count). The monoisotopic (exact) mass is 326 g/mol. The molecule has 1 amide bonds. The summed E-state index contributed by atoms with van der Waals surface area (Å²) in [6, 6.07) is 4.29. The van der Waals surface area contributed by atoms with Crippen LogP contribution in [0.25, 0.3) is 0 Å². The molecule has 0 saturated heterocycles. The summed E-state index contributed by atoms with van der Waals surface area (Å²) in [5, 5.41) is 15.2. The van der Waals surface area contributed by atoms with E-state index < -0.39 is 23.7 Å². The SMILES string of the molecule is CC(C)OCCC[NH2+][C@H](CC(=O)Nc1ccc(F)cc1)C(=O)[O-]. The van der Waals surface area contributed by atoms with Crippen LogP contribution >= 0.6 is 0 Å². The molecule has 0 bridgehead atoms. The maximum atomic E-state index is 12.8. The predicted molar refractivity (Wildman–Crippen MR) is 80.9 cm³/mol. The molecule has 6 nitrogen and oxygen atoms in total. The molecule has 0 heterocycles. The van der Waals surface area contributed by atoms with Gasteiger partial charge in [0.2, 0.25) is 5.91 Å². The lowest BCUT2D eigenvalue weighted by Crippen LogP contribution is -2.93. The lowest BCUT2D eigenvalue weighted by molar-refractivity contribution is -0.682. The van der Waals surface area contributed by atoms with Crippen LogP contribution in [0.15, 0.2) is 24.3 Å². The van der Waals surface area contributed by atoms with Crippen molar-refractivity contribution in [3.05, 3.63) is 30.1 Å². The highest BCUT2D eigenvalue weighted by molar-refractivity contribution is 5.93. The minimum absolute atomic E-state index is 0.133. The number of halogens is 1. The fraction of sp³-hybridized carbons (Fsp3) is 0.500. The first-order chi connectivity index (χ1) is 10.9. The molecule has 0 aromatic heterocycles. The van der Waals surface area contributed by atoms with Gasteiger partial charge in [-0.3, -0.25) is 4.79 Å². The van der Waals surface area contributed by atoms with Crippen molar-refractivity contribution in [2.24, 2.45) is 0 Å². The van der Waals surface area contributed by atoms with Gasteiger partial charge in [-0.25, -0.2) is 4.39 Å². The van der Waals surface area contributed by atoms with Crippen molar-refractivity contribution < 1.29 is 29.1 Å². The average Bonchev–Trinajstić information content (AvgIpc) is 2.47. The van der Waals surface area contributed by atoms with Gasteiger partial charge in [-0.05, 0) is 38.1 Å². The van der Waals surface area contributed by atoms with Crippen LogP contribution in [-0.2, 0) is 14.3 Å². The van der Waals surface area contributed by atoms with E-state index in [0.717, 1.165) is 0 Å². The van der Waals surface area contributed by atoms with Crippen LogP contribution in [0.3, 0.4) is 0 Å². The van der Waals surface area contributed by atoms with Crippen LogP contribution in [0.1, 0.15) is 26.7 Å². The quantitative estimate of drug-likeness (QED) is 0.575. The van der Waals surface area contributed by atoms with E-state index in [1.807, 2.05) is 13.8 Å². The summed E-state index contributed by atoms with van der Waals surface area (Å²) >= 11 is 0. The minimum Gasteiger partial charge on any atom is -0.544 e. The number of hydrogen-bond acceptors (Lipinski definition) is 4. The van der Waals surface area contributed by atoms with E-state index in [4.69, 9.17) is 4.74 Å². The molecule has 0 aliphatic carbocycles. The van der Waals surface area contributed by atoms with E-state index in [1.165, 1.54) is 24.3 Å². The molecular weight excluding hydrogens is 303 g/mol. The van der Waals surface area contributed by atoms with E-state index in [1.54, 1.807) is 5.32 Å². The van der Waals surface area contributed by atoms with E-state index in [2.05, 4.69) is 5.32 Å². The van der Waals surface area contributed by atoms with Crippen LogP contribution in [0.4, 0.5) is 10.1 Å². The van der Waals surface area contributed by atoms with Gasteiger partial charge in [0.1, 0.15) is 11.9 Å². The smallest absolute Gasteiger partial charge is 0.230 e. The van der Waals surface area contributed by atoms with Gasteiger partial charge in [-0.2, -0.15) is 0 Å². The molecule has 1 aromatic carbocycles. The number of aliphatic carboxylic acids is 1. The third-order valence-electron chi connectivity index (χ3n) is 3.09. The number of carbonyl (C=O) groups excluding carboxylic acids is 2. The molecule has 0 aliphatic heterocycles.